The van der Waals surface area contributed by atoms with Crippen molar-refractivity contribution in [3.8, 4) is 11.4 Å². The van der Waals surface area contributed by atoms with Crippen LogP contribution in [0, 0.1) is 0 Å². The Morgan fingerprint density at radius 2 is 1.90 bits per heavy atom. The normalized spacial score (nSPS) is 18.9. The molecule has 2 aliphatic heterocycles. The number of hydrogen-bond donors (Lipinski definition) is 2. The molecule has 2 fully saturated rings. The number of ether oxygens (including phenoxy) is 1. The summed E-state index contributed by atoms with van der Waals surface area (Å²) in [6.45, 7) is 0.581. The highest BCUT2D eigenvalue weighted by Crippen LogP contribution is 2.40. The minimum atomic E-state index is -4.57. The summed E-state index contributed by atoms with van der Waals surface area (Å²) in [5.41, 5.74) is 7.38. The number of rotatable bonds is 5. The van der Waals surface area contributed by atoms with Crippen LogP contribution in [0.2, 0.25) is 0 Å². The van der Waals surface area contributed by atoms with Crippen LogP contribution in [0.25, 0.3) is 16.6 Å². The number of hydrogen-bond acceptors (Lipinski definition) is 7. The number of nitrogens with two attached hydrogens (primary N) is 1. The summed E-state index contributed by atoms with van der Waals surface area (Å²) in [5, 5.41) is 8.14. The molecule has 13 heteroatoms. The molecule has 0 unspecified atom stereocenters. The molecule has 212 valence electrons. The number of carbonyl (C=O) groups is 2. The number of benzene rings is 1. The maximum atomic E-state index is 13.1. The van der Waals surface area contributed by atoms with E-state index in [-0.39, 0.29) is 40.8 Å². The van der Waals surface area contributed by atoms with Gasteiger partial charge in [0.05, 0.1) is 18.4 Å². The zero-order chi connectivity index (χ0) is 28.9. The Hall–Kier alpha value is -4.68. The summed E-state index contributed by atoms with van der Waals surface area (Å²) in [5.74, 6) is -0.184. The van der Waals surface area contributed by atoms with Crippen LogP contribution in [0.1, 0.15) is 53.2 Å². The molecule has 4 aromatic rings. The van der Waals surface area contributed by atoms with E-state index in [0.717, 1.165) is 48.7 Å². The molecule has 0 aliphatic carbocycles. The van der Waals surface area contributed by atoms with Crippen molar-refractivity contribution in [2.45, 2.75) is 43.8 Å². The van der Waals surface area contributed by atoms with E-state index in [1.54, 1.807) is 16.9 Å². The first-order valence-corrected chi connectivity index (χ1v) is 13.1. The van der Waals surface area contributed by atoms with E-state index in [2.05, 4.69) is 15.3 Å². The molecule has 0 bridgehead atoms. The second kappa shape index (κ2) is 10.1. The lowest BCUT2D eigenvalue weighted by Crippen LogP contribution is -2.40. The molecule has 3 N–H and O–H groups in total. The minimum Gasteiger partial charge on any atom is -0.494 e. The van der Waals surface area contributed by atoms with E-state index in [1.807, 2.05) is 11.0 Å². The van der Waals surface area contributed by atoms with Gasteiger partial charge in [0, 0.05) is 48.3 Å². The summed E-state index contributed by atoms with van der Waals surface area (Å²) < 4.78 is 46.4. The number of carbonyl (C=O) groups excluding carboxylic acids is 2. The quantitative estimate of drug-likeness (QED) is 0.364. The number of alkyl halides is 3. The number of piperidine rings is 1. The van der Waals surface area contributed by atoms with Gasteiger partial charge in [-0.15, -0.1) is 0 Å². The molecule has 0 radical (unpaired) electrons. The summed E-state index contributed by atoms with van der Waals surface area (Å²) in [7, 11) is 1.43. The average molecular weight is 566 g/mol. The van der Waals surface area contributed by atoms with Gasteiger partial charge in [0.25, 0.3) is 5.91 Å². The highest BCUT2D eigenvalue weighted by molar-refractivity contribution is 6.04. The number of halogens is 3. The summed E-state index contributed by atoms with van der Waals surface area (Å²) >= 11 is 0. The average Bonchev–Trinajstić information content (AvgIpc) is 3.53. The Balaban J connectivity index is 1.34. The van der Waals surface area contributed by atoms with Crippen molar-refractivity contribution in [2.75, 3.05) is 24.7 Å². The highest BCUT2D eigenvalue weighted by Gasteiger charge is 2.38. The van der Waals surface area contributed by atoms with Gasteiger partial charge >= 0.3 is 6.18 Å². The molecule has 2 aliphatic rings. The van der Waals surface area contributed by atoms with Gasteiger partial charge in [-0.1, -0.05) is 0 Å². The Bertz CT molecular complexity index is 1670. The fraction of sp³-hybridized carbons (Fsp3) is 0.321. The second-order valence-electron chi connectivity index (χ2n) is 10.2. The van der Waals surface area contributed by atoms with Crippen molar-refractivity contribution in [1.29, 1.82) is 0 Å². The number of anilines is 2. The number of aromatic nitrogens is 4. The molecule has 1 aromatic carbocycles. The van der Waals surface area contributed by atoms with Crippen LogP contribution in [0.3, 0.4) is 0 Å². The first kappa shape index (κ1) is 26.5. The molecule has 0 spiro atoms. The van der Waals surface area contributed by atoms with Gasteiger partial charge in [0.15, 0.2) is 0 Å². The standard InChI is InChI=1S/C28H26F3N7O3/c1-41-21-12-15(27(40)35-22-13-17(8-10-33-22)28(29,30)31)3-6-20(21)38-25-19(9-11-34-26(25)32)24(36-38)16-2-4-18-5-7-23(39)37(18)14-16/h3,6,8-13,16,18H,2,4-5,7,14H2,1H3,(H2,32,34)(H,33,35,40)/t16-,18+/m1/s1. The van der Waals surface area contributed by atoms with Crippen LogP contribution >= 0.6 is 0 Å². The van der Waals surface area contributed by atoms with Crippen molar-refractivity contribution in [3.05, 3.63) is 65.6 Å². The van der Waals surface area contributed by atoms with Crippen LogP contribution in [-0.2, 0) is 11.0 Å². The predicted molar refractivity (Wildman–Crippen MR) is 144 cm³/mol. The van der Waals surface area contributed by atoms with Crippen molar-refractivity contribution < 1.29 is 27.5 Å². The zero-order valence-electron chi connectivity index (χ0n) is 22.0. The first-order chi connectivity index (χ1) is 19.6. The van der Waals surface area contributed by atoms with E-state index in [0.29, 0.717) is 24.2 Å². The van der Waals surface area contributed by atoms with E-state index >= 15 is 0 Å². The summed E-state index contributed by atoms with van der Waals surface area (Å²) in [6, 6.07) is 8.31. The third kappa shape index (κ3) is 4.81. The topological polar surface area (TPSA) is 128 Å². The Morgan fingerprint density at radius 3 is 2.68 bits per heavy atom. The molecule has 2 atom stereocenters. The molecule has 5 heterocycles. The summed E-state index contributed by atoms with van der Waals surface area (Å²) in [6.07, 6.45) is 1.27. The number of nitrogens with one attached hydrogen (secondary N) is 1. The Kier molecular flexibility index (Phi) is 6.51. The number of nitrogens with zero attached hydrogens (tertiary/aromatic N) is 5. The van der Waals surface area contributed by atoms with Crippen molar-refractivity contribution in [2.24, 2.45) is 0 Å². The molecule has 10 nitrogen and oxygen atoms in total. The molecule has 3 aromatic heterocycles. The number of nitrogen functional groups attached to an aromatic ring is 1. The van der Waals surface area contributed by atoms with Crippen LogP contribution in [0.4, 0.5) is 24.8 Å². The highest BCUT2D eigenvalue weighted by atomic mass is 19.4. The van der Waals surface area contributed by atoms with Crippen LogP contribution in [-0.4, -0.2) is 56.2 Å². The van der Waals surface area contributed by atoms with Crippen molar-refractivity contribution in [1.82, 2.24) is 24.6 Å². The van der Waals surface area contributed by atoms with Gasteiger partial charge in [-0.3, -0.25) is 9.59 Å². The van der Waals surface area contributed by atoms with Gasteiger partial charge in [-0.2, -0.15) is 18.3 Å². The predicted octanol–water partition coefficient (Wildman–Crippen LogP) is 4.55. The largest absolute Gasteiger partial charge is 0.494 e. The van der Waals surface area contributed by atoms with Gasteiger partial charge in [-0.05, 0) is 55.7 Å². The van der Waals surface area contributed by atoms with Crippen LogP contribution in [0.5, 0.6) is 5.75 Å². The Morgan fingerprint density at radius 1 is 1.10 bits per heavy atom. The van der Waals surface area contributed by atoms with Gasteiger partial charge in [-0.25, -0.2) is 14.6 Å². The van der Waals surface area contributed by atoms with E-state index in [4.69, 9.17) is 15.6 Å². The van der Waals surface area contributed by atoms with Crippen molar-refractivity contribution in [3.63, 3.8) is 0 Å². The molecular formula is C28H26F3N7O3. The van der Waals surface area contributed by atoms with Crippen LogP contribution in [0.15, 0.2) is 48.8 Å². The molecule has 6 rings (SSSR count). The third-order valence-electron chi connectivity index (χ3n) is 7.75. The van der Waals surface area contributed by atoms with Crippen molar-refractivity contribution >= 4 is 34.4 Å². The minimum absolute atomic E-state index is 0.00913. The fourth-order valence-corrected chi connectivity index (χ4v) is 5.73. The lowest BCUT2D eigenvalue weighted by atomic mass is 9.89. The molecule has 2 amide bonds. The lowest BCUT2D eigenvalue weighted by molar-refractivity contribution is -0.137. The molecular weight excluding hydrogens is 539 g/mol. The number of pyridine rings is 2. The maximum absolute atomic E-state index is 13.1. The maximum Gasteiger partial charge on any atom is 0.416 e. The Labute approximate surface area is 232 Å². The molecule has 41 heavy (non-hydrogen) atoms. The number of fused-ring (bicyclic) bond motifs is 2. The van der Waals surface area contributed by atoms with E-state index < -0.39 is 17.6 Å². The third-order valence-corrected chi connectivity index (χ3v) is 7.75. The van der Waals surface area contributed by atoms with Crippen LogP contribution < -0.4 is 15.8 Å². The fourth-order valence-electron chi connectivity index (χ4n) is 5.73. The smallest absolute Gasteiger partial charge is 0.416 e. The van der Waals surface area contributed by atoms with E-state index in [1.165, 1.54) is 19.2 Å². The van der Waals surface area contributed by atoms with Gasteiger partial charge in [0.2, 0.25) is 5.91 Å². The molecule has 0 saturated carbocycles. The summed E-state index contributed by atoms with van der Waals surface area (Å²) in [4.78, 5) is 35.4. The SMILES string of the molecule is COc1cc(C(=O)Nc2cc(C(F)(F)F)ccn2)ccc1-n1nc([C@@H]2CC[C@H]3CCC(=O)N3C2)c2ccnc(N)c21. The van der Waals surface area contributed by atoms with Gasteiger partial charge < -0.3 is 20.7 Å². The lowest BCUT2D eigenvalue weighted by Gasteiger charge is -2.34. The second-order valence-corrected chi connectivity index (χ2v) is 10.2. The monoisotopic (exact) mass is 565 g/mol. The first-order valence-electron chi connectivity index (χ1n) is 13.1. The van der Waals surface area contributed by atoms with Gasteiger partial charge in [0.1, 0.15) is 28.6 Å². The van der Waals surface area contributed by atoms with E-state index in [9.17, 15) is 22.8 Å². The number of methoxy groups -OCH3 is 1. The molecule has 2 saturated heterocycles. The zero-order valence-corrected chi connectivity index (χ0v) is 22.0. The number of amides is 2.